The number of amides is 1. The van der Waals surface area contributed by atoms with Crippen molar-refractivity contribution >= 4 is 11.9 Å². The minimum atomic E-state index is -0.881. The number of carbonyl (C=O) groups excluding carboxylic acids is 1. The molecule has 2 N–H and O–H groups in total. The van der Waals surface area contributed by atoms with Gasteiger partial charge in [-0.05, 0) is 31.0 Å². The van der Waals surface area contributed by atoms with Crippen molar-refractivity contribution in [1.29, 1.82) is 0 Å². The summed E-state index contributed by atoms with van der Waals surface area (Å²) in [5, 5.41) is 10.9. The Balaban J connectivity index is 2.31. The van der Waals surface area contributed by atoms with Crippen LogP contribution in [0.4, 0.5) is 8.78 Å². The van der Waals surface area contributed by atoms with E-state index in [2.05, 4.69) is 5.32 Å². The lowest BCUT2D eigenvalue weighted by Gasteiger charge is -2.05. The topological polar surface area (TPSA) is 66.4 Å². The second-order valence-corrected chi connectivity index (χ2v) is 4.11. The summed E-state index contributed by atoms with van der Waals surface area (Å²) in [6, 6.07) is 2.95. The Morgan fingerprint density at radius 1 is 1.21 bits per heavy atom. The van der Waals surface area contributed by atoms with E-state index in [0.717, 1.165) is 18.2 Å². The molecule has 0 bridgehead atoms. The lowest BCUT2D eigenvalue weighted by molar-refractivity contribution is -0.137. The Hall–Kier alpha value is -1.98. The van der Waals surface area contributed by atoms with Gasteiger partial charge in [0, 0.05) is 18.5 Å². The molecule has 0 aliphatic rings. The van der Waals surface area contributed by atoms with Crippen LogP contribution in [-0.2, 0) is 16.0 Å². The summed E-state index contributed by atoms with van der Waals surface area (Å²) in [4.78, 5) is 21.7. The predicted octanol–water partition coefficient (Wildman–Crippen LogP) is 1.88. The summed E-state index contributed by atoms with van der Waals surface area (Å²) in [6.07, 6.45) is 0.810. The standard InChI is InChI=1S/C13H15F2NO3/c14-10-4-5-11(15)9(7-10)8-12(17)16-6-2-1-3-13(18)19/h4-5,7H,1-3,6,8H2,(H,16,17)(H,18,19). The highest BCUT2D eigenvalue weighted by Crippen LogP contribution is 2.10. The Bertz CT molecular complexity index is 463. The highest BCUT2D eigenvalue weighted by molar-refractivity contribution is 5.78. The molecule has 4 nitrogen and oxygen atoms in total. The smallest absolute Gasteiger partial charge is 0.303 e. The Morgan fingerprint density at radius 2 is 1.95 bits per heavy atom. The summed E-state index contributed by atoms with van der Waals surface area (Å²) in [5.41, 5.74) is 0.00281. The van der Waals surface area contributed by atoms with Crippen LogP contribution in [-0.4, -0.2) is 23.5 Å². The number of carbonyl (C=O) groups is 2. The van der Waals surface area contributed by atoms with Gasteiger partial charge in [-0.1, -0.05) is 0 Å². The number of benzene rings is 1. The molecule has 0 atom stereocenters. The van der Waals surface area contributed by atoms with E-state index in [9.17, 15) is 18.4 Å². The van der Waals surface area contributed by atoms with Gasteiger partial charge in [0.1, 0.15) is 11.6 Å². The van der Waals surface area contributed by atoms with E-state index in [1.807, 2.05) is 0 Å². The predicted molar refractivity (Wildman–Crippen MR) is 64.6 cm³/mol. The van der Waals surface area contributed by atoms with Gasteiger partial charge in [0.15, 0.2) is 0 Å². The van der Waals surface area contributed by atoms with Crippen molar-refractivity contribution in [1.82, 2.24) is 5.32 Å². The first-order valence-corrected chi connectivity index (χ1v) is 5.91. The number of hydrogen-bond donors (Lipinski definition) is 2. The van der Waals surface area contributed by atoms with Crippen LogP contribution >= 0.6 is 0 Å². The highest BCUT2D eigenvalue weighted by atomic mass is 19.1. The lowest BCUT2D eigenvalue weighted by atomic mass is 10.1. The van der Waals surface area contributed by atoms with Crippen LogP contribution < -0.4 is 5.32 Å². The fourth-order valence-corrected chi connectivity index (χ4v) is 1.54. The van der Waals surface area contributed by atoms with Crippen molar-refractivity contribution in [3.05, 3.63) is 35.4 Å². The zero-order valence-corrected chi connectivity index (χ0v) is 10.3. The molecule has 19 heavy (non-hydrogen) atoms. The molecular weight excluding hydrogens is 256 g/mol. The lowest BCUT2D eigenvalue weighted by Crippen LogP contribution is -2.26. The average molecular weight is 271 g/mol. The second kappa shape index (κ2) is 7.45. The van der Waals surface area contributed by atoms with E-state index < -0.39 is 23.5 Å². The zero-order chi connectivity index (χ0) is 14.3. The van der Waals surface area contributed by atoms with Crippen LogP contribution in [0.3, 0.4) is 0 Å². The molecule has 0 aromatic heterocycles. The number of rotatable bonds is 7. The average Bonchev–Trinajstić information content (AvgIpc) is 2.33. The van der Waals surface area contributed by atoms with E-state index in [-0.39, 0.29) is 18.4 Å². The Labute approximate surface area is 109 Å². The van der Waals surface area contributed by atoms with Gasteiger partial charge in [0.05, 0.1) is 6.42 Å². The van der Waals surface area contributed by atoms with Crippen LogP contribution in [0.5, 0.6) is 0 Å². The quantitative estimate of drug-likeness (QED) is 0.744. The van der Waals surface area contributed by atoms with E-state index in [1.54, 1.807) is 0 Å². The molecule has 0 aliphatic carbocycles. The summed E-state index contributed by atoms with van der Waals surface area (Å²) in [7, 11) is 0. The normalized spacial score (nSPS) is 10.2. The second-order valence-electron chi connectivity index (χ2n) is 4.11. The largest absolute Gasteiger partial charge is 0.481 e. The maximum absolute atomic E-state index is 13.2. The summed E-state index contributed by atoms with van der Waals surface area (Å²) >= 11 is 0. The van der Waals surface area contributed by atoms with Gasteiger partial charge >= 0.3 is 5.97 Å². The van der Waals surface area contributed by atoms with Gasteiger partial charge in [-0.15, -0.1) is 0 Å². The molecule has 0 spiro atoms. The fraction of sp³-hybridized carbons (Fsp3) is 0.385. The number of halogens is 2. The van der Waals surface area contributed by atoms with Crippen LogP contribution in [0.1, 0.15) is 24.8 Å². The molecule has 0 saturated carbocycles. The number of carboxylic acid groups (broad SMARTS) is 1. The Morgan fingerprint density at radius 3 is 2.63 bits per heavy atom. The minimum Gasteiger partial charge on any atom is -0.481 e. The molecule has 0 radical (unpaired) electrons. The van der Waals surface area contributed by atoms with Crippen molar-refractivity contribution < 1.29 is 23.5 Å². The number of unbranched alkanes of at least 4 members (excludes halogenated alkanes) is 1. The highest BCUT2D eigenvalue weighted by Gasteiger charge is 2.09. The molecule has 1 rings (SSSR count). The molecule has 1 aromatic carbocycles. The molecule has 6 heteroatoms. The molecular formula is C13H15F2NO3. The van der Waals surface area contributed by atoms with Crippen molar-refractivity contribution in [2.45, 2.75) is 25.7 Å². The van der Waals surface area contributed by atoms with Gasteiger partial charge in [0.2, 0.25) is 5.91 Å². The maximum atomic E-state index is 13.2. The van der Waals surface area contributed by atoms with Gasteiger partial charge in [0.25, 0.3) is 0 Å². The summed E-state index contributed by atoms with van der Waals surface area (Å²) in [5.74, 6) is -2.51. The molecule has 0 fully saturated rings. The minimum absolute atomic E-state index is 0.00281. The number of aliphatic carboxylic acids is 1. The number of hydrogen-bond acceptors (Lipinski definition) is 2. The monoisotopic (exact) mass is 271 g/mol. The maximum Gasteiger partial charge on any atom is 0.303 e. The van der Waals surface area contributed by atoms with E-state index in [4.69, 9.17) is 5.11 Å². The fourth-order valence-electron chi connectivity index (χ4n) is 1.54. The first kappa shape index (κ1) is 15.1. The molecule has 0 aliphatic heterocycles. The van der Waals surface area contributed by atoms with E-state index in [0.29, 0.717) is 19.4 Å². The summed E-state index contributed by atoms with van der Waals surface area (Å²) < 4.78 is 26.1. The van der Waals surface area contributed by atoms with Crippen LogP contribution in [0.15, 0.2) is 18.2 Å². The van der Waals surface area contributed by atoms with Crippen molar-refractivity contribution in [3.63, 3.8) is 0 Å². The molecule has 0 heterocycles. The van der Waals surface area contributed by atoms with Crippen molar-refractivity contribution in [2.75, 3.05) is 6.54 Å². The van der Waals surface area contributed by atoms with E-state index >= 15 is 0 Å². The van der Waals surface area contributed by atoms with Crippen molar-refractivity contribution in [2.24, 2.45) is 0 Å². The molecule has 104 valence electrons. The molecule has 1 amide bonds. The summed E-state index contributed by atoms with van der Waals surface area (Å²) in [6.45, 7) is 0.322. The van der Waals surface area contributed by atoms with Gasteiger partial charge in [-0.3, -0.25) is 9.59 Å². The van der Waals surface area contributed by atoms with Crippen LogP contribution in [0, 0.1) is 11.6 Å². The first-order chi connectivity index (χ1) is 8.99. The van der Waals surface area contributed by atoms with Gasteiger partial charge < -0.3 is 10.4 Å². The zero-order valence-electron chi connectivity index (χ0n) is 10.3. The molecule has 0 saturated heterocycles. The third kappa shape index (κ3) is 5.94. The van der Waals surface area contributed by atoms with Crippen LogP contribution in [0.25, 0.3) is 0 Å². The van der Waals surface area contributed by atoms with Gasteiger partial charge in [-0.25, -0.2) is 8.78 Å². The molecule has 0 unspecified atom stereocenters. The first-order valence-electron chi connectivity index (χ1n) is 5.91. The molecule has 1 aromatic rings. The Kier molecular flexibility index (Phi) is 5.92. The van der Waals surface area contributed by atoms with Gasteiger partial charge in [-0.2, -0.15) is 0 Å². The SMILES string of the molecule is O=C(O)CCCCNC(=O)Cc1cc(F)ccc1F. The number of nitrogens with one attached hydrogen (secondary N) is 1. The number of carboxylic acids is 1. The van der Waals surface area contributed by atoms with E-state index in [1.165, 1.54) is 0 Å². The van der Waals surface area contributed by atoms with Crippen molar-refractivity contribution in [3.8, 4) is 0 Å². The third-order valence-corrected chi connectivity index (χ3v) is 2.50. The van der Waals surface area contributed by atoms with Crippen LogP contribution in [0.2, 0.25) is 0 Å². The third-order valence-electron chi connectivity index (χ3n) is 2.50.